The summed E-state index contributed by atoms with van der Waals surface area (Å²) < 4.78 is 6.16. The minimum absolute atomic E-state index is 0.0566. The van der Waals surface area contributed by atoms with Crippen molar-refractivity contribution in [2.24, 2.45) is 5.92 Å². The number of hydrogen-bond donors (Lipinski definition) is 0. The molecule has 4 heterocycles. The molecule has 1 aromatic rings. The molecule has 6 nitrogen and oxygen atoms in total. The number of ether oxygens (including phenoxy) is 1. The second-order valence-electron chi connectivity index (χ2n) is 7.08. The number of hydroxylamine groups is 2. The van der Waals surface area contributed by atoms with Crippen LogP contribution in [0.15, 0.2) is 24.5 Å². The van der Waals surface area contributed by atoms with Crippen molar-refractivity contribution < 1.29 is 14.4 Å². The van der Waals surface area contributed by atoms with Crippen LogP contribution < -0.4 is 0 Å². The third-order valence-corrected chi connectivity index (χ3v) is 5.23. The number of likely N-dealkylation sites (tertiary alicyclic amines) is 1. The van der Waals surface area contributed by atoms with Gasteiger partial charge in [0, 0.05) is 44.5 Å². The lowest BCUT2D eigenvalue weighted by atomic mass is 10.0. The third-order valence-electron chi connectivity index (χ3n) is 5.23. The minimum atomic E-state index is 0.0566. The van der Waals surface area contributed by atoms with E-state index < -0.39 is 0 Å². The van der Waals surface area contributed by atoms with E-state index in [0.717, 1.165) is 45.4 Å². The molecule has 0 saturated carbocycles. The van der Waals surface area contributed by atoms with Crippen molar-refractivity contribution in [1.82, 2.24) is 14.9 Å². The Hall–Kier alpha value is -1.50. The van der Waals surface area contributed by atoms with Crippen LogP contribution in [0.1, 0.15) is 31.2 Å². The van der Waals surface area contributed by atoms with Crippen LogP contribution in [0, 0.1) is 5.92 Å². The number of rotatable bonds is 4. The Morgan fingerprint density at radius 1 is 1.25 bits per heavy atom. The first-order valence-electron chi connectivity index (χ1n) is 8.98. The fourth-order valence-electron chi connectivity index (χ4n) is 4.05. The smallest absolute Gasteiger partial charge is 0.248 e. The van der Waals surface area contributed by atoms with Gasteiger partial charge in [0.2, 0.25) is 5.91 Å². The molecule has 3 aliphatic heterocycles. The average Bonchev–Trinajstić information content (AvgIpc) is 3.14. The third kappa shape index (κ3) is 3.61. The lowest BCUT2D eigenvalue weighted by Crippen LogP contribution is -2.37. The van der Waals surface area contributed by atoms with E-state index >= 15 is 0 Å². The number of nitrogens with zero attached hydrogens (tertiary/aromatic N) is 3. The predicted octanol–water partition coefficient (Wildman–Crippen LogP) is 1.61. The SMILES string of the molecule is O=C(C[C@@H]1C[C@H]2CN(Cc3ccncc3)C[C@H]2O1)N1CCCCO1. The van der Waals surface area contributed by atoms with Crippen LogP contribution in [0.5, 0.6) is 0 Å². The number of amides is 1. The van der Waals surface area contributed by atoms with Crippen LogP contribution in [-0.4, -0.2) is 59.3 Å². The van der Waals surface area contributed by atoms with E-state index in [1.165, 1.54) is 10.6 Å². The number of fused-ring (bicyclic) bond motifs is 1. The fraction of sp³-hybridized carbons (Fsp3) is 0.667. The van der Waals surface area contributed by atoms with E-state index in [1.54, 1.807) is 0 Å². The Morgan fingerprint density at radius 3 is 2.88 bits per heavy atom. The molecule has 0 bridgehead atoms. The molecule has 1 aromatic heterocycles. The summed E-state index contributed by atoms with van der Waals surface area (Å²) in [6.07, 6.45) is 7.52. The van der Waals surface area contributed by atoms with Gasteiger partial charge >= 0.3 is 0 Å². The zero-order valence-corrected chi connectivity index (χ0v) is 14.0. The Kier molecular flexibility index (Phi) is 4.78. The molecule has 0 radical (unpaired) electrons. The maximum atomic E-state index is 12.3. The zero-order chi connectivity index (χ0) is 16.4. The van der Waals surface area contributed by atoms with Crippen LogP contribution in [0.4, 0.5) is 0 Å². The van der Waals surface area contributed by atoms with Crippen LogP contribution in [-0.2, 0) is 20.9 Å². The van der Waals surface area contributed by atoms with Crippen molar-refractivity contribution in [3.8, 4) is 0 Å². The second-order valence-corrected chi connectivity index (χ2v) is 7.08. The van der Waals surface area contributed by atoms with E-state index in [0.29, 0.717) is 18.9 Å². The van der Waals surface area contributed by atoms with Crippen molar-refractivity contribution >= 4 is 5.91 Å². The van der Waals surface area contributed by atoms with E-state index in [1.807, 2.05) is 12.4 Å². The normalized spacial score (nSPS) is 30.5. The van der Waals surface area contributed by atoms with Crippen molar-refractivity contribution in [3.05, 3.63) is 30.1 Å². The van der Waals surface area contributed by atoms with Crippen LogP contribution in [0.25, 0.3) is 0 Å². The van der Waals surface area contributed by atoms with Gasteiger partial charge in [-0.05, 0) is 37.0 Å². The lowest BCUT2D eigenvalue weighted by Gasteiger charge is -2.27. The van der Waals surface area contributed by atoms with E-state index in [4.69, 9.17) is 9.57 Å². The summed E-state index contributed by atoms with van der Waals surface area (Å²) >= 11 is 0. The van der Waals surface area contributed by atoms with Gasteiger partial charge in [0.25, 0.3) is 0 Å². The summed E-state index contributed by atoms with van der Waals surface area (Å²) in [6.45, 7) is 4.34. The summed E-state index contributed by atoms with van der Waals surface area (Å²) in [7, 11) is 0. The van der Waals surface area contributed by atoms with E-state index in [9.17, 15) is 4.79 Å². The topological polar surface area (TPSA) is 54.9 Å². The first-order valence-corrected chi connectivity index (χ1v) is 8.98. The Balaban J connectivity index is 1.24. The van der Waals surface area contributed by atoms with Gasteiger partial charge in [-0.2, -0.15) is 0 Å². The molecule has 24 heavy (non-hydrogen) atoms. The molecule has 0 spiro atoms. The molecule has 0 aromatic carbocycles. The summed E-state index contributed by atoms with van der Waals surface area (Å²) in [5.74, 6) is 0.625. The molecule has 3 saturated heterocycles. The Labute approximate surface area is 142 Å². The van der Waals surface area contributed by atoms with Gasteiger partial charge in [-0.25, -0.2) is 5.06 Å². The molecule has 0 aliphatic carbocycles. The van der Waals surface area contributed by atoms with E-state index in [-0.39, 0.29) is 18.1 Å². The highest BCUT2D eigenvalue weighted by Gasteiger charge is 2.42. The van der Waals surface area contributed by atoms with Gasteiger partial charge in [-0.15, -0.1) is 0 Å². The average molecular weight is 331 g/mol. The summed E-state index contributed by atoms with van der Waals surface area (Å²) in [4.78, 5) is 24.2. The standard InChI is InChI=1S/C18H25N3O3/c22-18(21-7-1-2-8-23-21)10-16-9-15-12-20(13-17(15)24-16)11-14-3-5-19-6-4-14/h3-6,15-17H,1-2,7-13H2/t15-,16-,17+/m0/s1. The monoisotopic (exact) mass is 331 g/mol. The Bertz CT molecular complexity index is 548. The maximum absolute atomic E-state index is 12.3. The van der Waals surface area contributed by atoms with Crippen molar-refractivity contribution in [3.63, 3.8) is 0 Å². The van der Waals surface area contributed by atoms with Gasteiger partial charge in [-0.1, -0.05) is 0 Å². The van der Waals surface area contributed by atoms with Gasteiger partial charge in [-0.3, -0.25) is 19.5 Å². The number of hydrogen-bond acceptors (Lipinski definition) is 5. The summed E-state index contributed by atoms with van der Waals surface area (Å²) in [5.41, 5.74) is 1.29. The molecule has 0 unspecified atom stereocenters. The number of carbonyl (C=O) groups is 1. The van der Waals surface area contributed by atoms with Crippen LogP contribution in [0.3, 0.4) is 0 Å². The highest BCUT2D eigenvalue weighted by molar-refractivity contribution is 5.75. The first-order chi connectivity index (χ1) is 11.8. The molecule has 1 amide bonds. The molecule has 3 fully saturated rings. The molecule has 4 rings (SSSR count). The molecule has 6 heteroatoms. The summed E-state index contributed by atoms with van der Waals surface area (Å²) in [5, 5.41) is 1.54. The quantitative estimate of drug-likeness (QED) is 0.839. The van der Waals surface area contributed by atoms with Crippen molar-refractivity contribution in [1.29, 1.82) is 0 Å². The molecule has 0 N–H and O–H groups in total. The first kappa shape index (κ1) is 16.0. The lowest BCUT2D eigenvalue weighted by molar-refractivity contribution is -0.199. The molecule has 3 atom stereocenters. The van der Waals surface area contributed by atoms with Gasteiger partial charge in [0.05, 0.1) is 25.2 Å². The van der Waals surface area contributed by atoms with E-state index in [2.05, 4.69) is 22.0 Å². The predicted molar refractivity (Wildman–Crippen MR) is 87.8 cm³/mol. The van der Waals surface area contributed by atoms with Crippen molar-refractivity contribution in [2.75, 3.05) is 26.2 Å². The Morgan fingerprint density at radius 2 is 2.12 bits per heavy atom. The number of pyridine rings is 1. The minimum Gasteiger partial charge on any atom is -0.373 e. The summed E-state index contributed by atoms with van der Waals surface area (Å²) in [6, 6.07) is 4.13. The molecular formula is C18H25N3O3. The fourth-order valence-corrected chi connectivity index (χ4v) is 4.05. The largest absolute Gasteiger partial charge is 0.373 e. The van der Waals surface area contributed by atoms with Gasteiger partial charge in [0.1, 0.15) is 0 Å². The van der Waals surface area contributed by atoms with Crippen molar-refractivity contribution in [2.45, 2.75) is 44.4 Å². The van der Waals surface area contributed by atoms with Crippen LogP contribution in [0.2, 0.25) is 0 Å². The molecule has 3 aliphatic rings. The highest BCUT2D eigenvalue weighted by atomic mass is 16.7. The number of carbonyl (C=O) groups excluding carboxylic acids is 1. The molecule has 130 valence electrons. The molecular weight excluding hydrogens is 306 g/mol. The second kappa shape index (κ2) is 7.17. The number of aromatic nitrogens is 1. The zero-order valence-electron chi connectivity index (χ0n) is 14.0. The van der Waals surface area contributed by atoms with Gasteiger partial charge in [0.15, 0.2) is 0 Å². The van der Waals surface area contributed by atoms with Gasteiger partial charge < -0.3 is 4.74 Å². The maximum Gasteiger partial charge on any atom is 0.248 e. The highest BCUT2D eigenvalue weighted by Crippen LogP contribution is 2.35. The van der Waals surface area contributed by atoms with Crippen LogP contribution >= 0.6 is 0 Å².